The fraction of sp³-hybridized carbons (Fsp3) is 0.333. The minimum atomic E-state index is 0.223. The van der Waals surface area contributed by atoms with E-state index in [0.717, 1.165) is 5.69 Å². The maximum Gasteiger partial charge on any atom is 0.189 e. The van der Waals surface area contributed by atoms with Crippen LogP contribution in [0.1, 0.15) is 19.0 Å². The SMILES string of the molecule is CCC(=O)SCc1ccccn1. The molecule has 0 radical (unpaired) electrons. The summed E-state index contributed by atoms with van der Waals surface area (Å²) in [6.07, 6.45) is 2.34. The Balaban J connectivity index is 2.38. The second-order valence-corrected chi connectivity index (χ2v) is 3.37. The molecule has 0 bridgehead atoms. The predicted octanol–water partition coefficient (Wildman–Crippen LogP) is 2.25. The van der Waals surface area contributed by atoms with Gasteiger partial charge in [-0.25, -0.2) is 0 Å². The Morgan fingerprint density at radius 2 is 2.42 bits per heavy atom. The van der Waals surface area contributed by atoms with Gasteiger partial charge in [0.1, 0.15) is 0 Å². The van der Waals surface area contributed by atoms with Gasteiger partial charge in [0.05, 0.1) is 5.69 Å². The molecular formula is C9H11NOS. The van der Waals surface area contributed by atoms with E-state index in [4.69, 9.17) is 0 Å². The number of nitrogens with zero attached hydrogens (tertiary/aromatic N) is 1. The Morgan fingerprint density at radius 1 is 1.58 bits per heavy atom. The van der Waals surface area contributed by atoms with E-state index in [-0.39, 0.29) is 5.12 Å². The minimum absolute atomic E-state index is 0.223. The molecule has 0 amide bonds. The van der Waals surface area contributed by atoms with Crippen molar-refractivity contribution in [2.24, 2.45) is 0 Å². The summed E-state index contributed by atoms with van der Waals surface area (Å²) in [7, 11) is 0. The average molecular weight is 181 g/mol. The van der Waals surface area contributed by atoms with E-state index in [9.17, 15) is 4.79 Å². The molecule has 0 aliphatic carbocycles. The molecule has 0 aliphatic rings. The van der Waals surface area contributed by atoms with Crippen LogP contribution in [0.2, 0.25) is 0 Å². The maximum atomic E-state index is 10.9. The van der Waals surface area contributed by atoms with Crippen LogP contribution in [0.4, 0.5) is 0 Å². The zero-order valence-electron chi connectivity index (χ0n) is 6.99. The molecule has 1 rings (SSSR count). The highest BCUT2D eigenvalue weighted by atomic mass is 32.2. The Morgan fingerprint density at radius 3 is 3.00 bits per heavy atom. The van der Waals surface area contributed by atoms with Crippen LogP contribution in [-0.2, 0) is 10.5 Å². The van der Waals surface area contributed by atoms with Crippen LogP contribution in [0, 0.1) is 0 Å². The van der Waals surface area contributed by atoms with Crippen molar-refractivity contribution in [3.8, 4) is 0 Å². The van der Waals surface area contributed by atoms with Gasteiger partial charge >= 0.3 is 0 Å². The van der Waals surface area contributed by atoms with E-state index in [1.54, 1.807) is 6.20 Å². The number of hydrogen-bond acceptors (Lipinski definition) is 3. The zero-order chi connectivity index (χ0) is 8.81. The van der Waals surface area contributed by atoms with Crippen molar-refractivity contribution in [3.63, 3.8) is 0 Å². The zero-order valence-corrected chi connectivity index (χ0v) is 7.80. The molecule has 0 aliphatic heterocycles. The number of carbonyl (C=O) groups excluding carboxylic acids is 1. The first-order chi connectivity index (χ1) is 5.83. The van der Waals surface area contributed by atoms with Gasteiger partial charge in [0.25, 0.3) is 0 Å². The molecule has 0 atom stereocenters. The molecule has 1 aromatic rings. The molecule has 12 heavy (non-hydrogen) atoms. The number of aromatic nitrogens is 1. The first-order valence-corrected chi connectivity index (χ1v) is 4.87. The van der Waals surface area contributed by atoms with Crippen molar-refractivity contribution < 1.29 is 4.79 Å². The first kappa shape index (κ1) is 9.26. The van der Waals surface area contributed by atoms with E-state index in [2.05, 4.69) is 4.98 Å². The topological polar surface area (TPSA) is 30.0 Å². The highest BCUT2D eigenvalue weighted by molar-refractivity contribution is 8.12. The molecule has 0 fully saturated rings. The summed E-state index contributed by atoms with van der Waals surface area (Å²) in [5.41, 5.74) is 0.962. The van der Waals surface area contributed by atoms with Crippen LogP contribution in [-0.4, -0.2) is 10.1 Å². The van der Waals surface area contributed by atoms with Crippen molar-refractivity contribution in [2.75, 3.05) is 0 Å². The lowest BCUT2D eigenvalue weighted by Crippen LogP contribution is -1.91. The number of pyridine rings is 1. The van der Waals surface area contributed by atoms with Gasteiger partial charge in [0.2, 0.25) is 0 Å². The van der Waals surface area contributed by atoms with Gasteiger partial charge in [-0.2, -0.15) is 0 Å². The van der Waals surface area contributed by atoms with Gasteiger partial charge < -0.3 is 0 Å². The summed E-state index contributed by atoms with van der Waals surface area (Å²) < 4.78 is 0. The highest BCUT2D eigenvalue weighted by Crippen LogP contribution is 2.11. The molecule has 0 spiro atoms. The molecule has 1 aromatic heterocycles. The van der Waals surface area contributed by atoms with Gasteiger partial charge in [-0.1, -0.05) is 24.8 Å². The van der Waals surface area contributed by atoms with E-state index in [1.165, 1.54) is 11.8 Å². The molecule has 0 saturated heterocycles. The maximum absolute atomic E-state index is 10.9. The monoisotopic (exact) mass is 181 g/mol. The van der Waals surface area contributed by atoms with Gasteiger partial charge in [-0.05, 0) is 12.1 Å². The summed E-state index contributed by atoms with van der Waals surface area (Å²) in [6, 6.07) is 5.73. The van der Waals surface area contributed by atoms with Crippen LogP contribution in [0.15, 0.2) is 24.4 Å². The smallest absolute Gasteiger partial charge is 0.189 e. The van der Waals surface area contributed by atoms with Crippen molar-refractivity contribution in [1.82, 2.24) is 4.98 Å². The normalized spacial score (nSPS) is 9.75. The van der Waals surface area contributed by atoms with Crippen molar-refractivity contribution in [1.29, 1.82) is 0 Å². The van der Waals surface area contributed by atoms with E-state index in [0.29, 0.717) is 12.2 Å². The molecule has 64 valence electrons. The third-order valence-electron chi connectivity index (χ3n) is 1.40. The Kier molecular flexibility index (Phi) is 3.80. The van der Waals surface area contributed by atoms with E-state index in [1.807, 2.05) is 25.1 Å². The number of carbonyl (C=O) groups is 1. The van der Waals surface area contributed by atoms with Crippen LogP contribution in [0.25, 0.3) is 0 Å². The third-order valence-corrected chi connectivity index (χ3v) is 2.45. The van der Waals surface area contributed by atoms with Crippen molar-refractivity contribution >= 4 is 16.9 Å². The van der Waals surface area contributed by atoms with Crippen LogP contribution in [0.3, 0.4) is 0 Å². The summed E-state index contributed by atoms with van der Waals surface area (Å²) in [5.74, 6) is 0.688. The first-order valence-electron chi connectivity index (χ1n) is 3.88. The molecule has 1 heterocycles. The van der Waals surface area contributed by atoms with Crippen LogP contribution in [0.5, 0.6) is 0 Å². The summed E-state index contributed by atoms with van der Waals surface area (Å²) in [4.78, 5) is 15.0. The van der Waals surface area contributed by atoms with Crippen LogP contribution < -0.4 is 0 Å². The highest BCUT2D eigenvalue weighted by Gasteiger charge is 1.99. The van der Waals surface area contributed by atoms with Crippen LogP contribution >= 0.6 is 11.8 Å². The number of rotatable bonds is 3. The van der Waals surface area contributed by atoms with Gasteiger partial charge in [-0.3, -0.25) is 9.78 Å². The van der Waals surface area contributed by atoms with Gasteiger partial charge in [0, 0.05) is 18.4 Å². The lowest BCUT2D eigenvalue weighted by atomic mass is 10.4. The Bertz CT molecular complexity index is 248. The molecular weight excluding hydrogens is 170 g/mol. The lowest BCUT2D eigenvalue weighted by Gasteiger charge is -1.96. The molecule has 0 N–H and O–H groups in total. The second-order valence-electron chi connectivity index (χ2n) is 2.34. The van der Waals surface area contributed by atoms with Crippen molar-refractivity contribution in [2.45, 2.75) is 19.1 Å². The van der Waals surface area contributed by atoms with E-state index >= 15 is 0 Å². The lowest BCUT2D eigenvalue weighted by molar-refractivity contribution is -0.110. The summed E-state index contributed by atoms with van der Waals surface area (Å²) >= 11 is 1.33. The Labute approximate surface area is 76.4 Å². The standard InChI is InChI=1S/C9H11NOS/c1-2-9(11)12-7-8-5-3-4-6-10-8/h3-6H,2,7H2,1H3. The molecule has 0 aromatic carbocycles. The largest absolute Gasteiger partial charge is 0.287 e. The molecule has 3 heteroatoms. The van der Waals surface area contributed by atoms with Gasteiger partial charge in [-0.15, -0.1) is 0 Å². The predicted molar refractivity (Wildman–Crippen MR) is 50.8 cm³/mol. The number of hydrogen-bond donors (Lipinski definition) is 0. The summed E-state index contributed by atoms with van der Waals surface area (Å²) in [6.45, 7) is 1.87. The minimum Gasteiger partial charge on any atom is -0.287 e. The fourth-order valence-corrected chi connectivity index (χ4v) is 1.42. The molecule has 2 nitrogen and oxygen atoms in total. The molecule has 0 saturated carbocycles. The quantitative estimate of drug-likeness (QED) is 0.716. The third kappa shape index (κ3) is 3.05. The fourth-order valence-electron chi connectivity index (χ4n) is 0.740. The van der Waals surface area contributed by atoms with Crippen molar-refractivity contribution in [3.05, 3.63) is 30.1 Å². The summed E-state index contributed by atoms with van der Waals surface area (Å²) in [5, 5.41) is 0.223. The number of thioether (sulfide) groups is 1. The van der Waals surface area contributed by atoms with Gasteiger partial charge in [0.15, 0.2) is 5.12 Å². The Hall–Kier alpha value is -0.830. The average Bonchev–Trinajstić information content (AvgIpc) is 2.16. The molecule has 0 unspecified atom stereocenters. The second kappa shape index (κ2) is 4.93. The van der Waals surface area contributed by atoms with E-state index < -0.39 is 0 Å².